The molecule has 0 N–H and O–H groups in total. The Balaban J connectivity index is 2.01. The average molecular weight is 336 g/mol. The largest absolute Gasteiger partial charge is 0.494 e. The highest BCUT2D eigenvalue weighted by Crippen LogP contribution is 2.21. The third kappa shape index (κ3) is 3.71. The van der Waals surface area contributed by atoms with E-state index in [4.69, 9.17) is 9.47 Å². The predicted octanol–water partition coefficient (Wildman–Crippen LogP) is 3.59. The molecule has 1 aromatic carbocycles. The molecule has 2 aromatic heterocycles. The van der Waals surface area contributed by atoms with Crippen LogP contribution in [0.25, 0.3) is 11.4 Å². The molecule has 0 fully saturated rings. The van der Waals surface area contributed by atoms with Crippen LogP contribution >= 0.6 is 0 Å². The molecule has 0 atom stereocenters. The van der Waals surface area contributed by atoms with Gasteiger partial charge < -0.3 is 9.47 Å². The van der Waals surface area contributed by atoms with Gasteiger partial charge in [0.15, 0.2) is 5.65 Å². The Morgan fingerprint density at radius 3 is 2.72 bits per heavy atom. The van der Waals surface area contributed by atoms with Gasteiger partial charge in [0, 0.05) is 6.20 Å². The van der Waals surface area contributed by atoms with E-state index in [2.05, 4.69) is 11.6 Å². The average Bonchev–Trinajstić information content (AvgIpc) is 2.61. The van der Waals surface area contributed by atoms with Crippen LogP contribution < -0.4 is 10.3 Å². The Hall–Kier alpha value is -3.08. The van der Waals surface area contributed by atoms with Gasteiger partial charge >= 0.3 is 0 Å². The van der Waals surface area contributed by atoms with Gasteiger partial charge in [-0.3, -0.25) is 9.20 Å². The summed E-state index contributed by atoms with van der Waals surface area (Å²) in [5.74, 6) is 0.763. The van der Waals surface area contributed by atoms with E-state index in [1.807, 2.05) is 50.2 Å². The topological polar surface area (TPSA) is 52.8 Å². The summed E-state index contributed by atoms with van der Waals surface area (Å²) in [5.41, 5.74) is 2.88. The number of pyridine rings is 1. The number of aromatic nitrogens is 2. The second-order valence-electron chi connectivity index (χ2n) is 5.69. The first-order valence-electron chi connectivity index (χ1n) is 8.11. The van der Waals surface area contributed by atoms with Gasteiger partial charge in [-0.25, -0.2) is 0 Å². The highest BCUT2D eigenvalue weighted by molar-refractivity contribution is 5.71. The molecule has 3 rings (SSSR count). The molecular formula is C20H20N2O3. The van der Waals surface area contributed by atoms with Crippen molar-refractivity contribution in [2.75, 3.05) is 6.61 Å². The van der Waals surface area contributed by atoms with Crippen LogP contribution in [-0.4, -0.2) is 16.0 Å². The molecular weight excluding hydrogens is 316 g/mol. The van der Waals surface area contributed by atoms with Crippen molar-refractivity contribution in [3.8, 4) is 5.88 Å². The van der Waals surface area contributed by atoms with Gasteiger partial charge in [0.25, 0.3) is 5.56 Å². The summed E-state index contributed by atoms with van der Waals surface area (Å²) in [4.78, 5) is 17.0. The van der Waals surface area contributed by atoms with E-state index in [1.54, 1.807) is 6.20 Å². The van der Waals surface area contributed by atoms with Crippen LogP contribution in [0.4, 0.5) is 0 Å². The first kappa shape index (κ1) is 16.8. The van der Waals surface area contributed by atoms with E-state index >= 15 is 0 Å². The number of aryl methyl sites for hydroxylation is 1. The SMILES string of the molecule is C=C(OCC)c1cc(C)cn2c(=O)cc(OCc3ccccc3)nc12. The zero-order valence-corrected chi connectivity index (χ0v) is 14.4. The summed E-state index contributed by atoms with van der Waals surface area (Å²) in [7, 11) is 0. The third-order valence-electron chi connectivity index (χ3n) is 3.72. The van der Waals surface area contributed by atoms with E-state index in [9.17, 15) is 4.79 Å². The van der Waals surface area contributed by atoms with E-state index in [1.165, 1.54) is 10.5 Å². The molecule has 5 nitrogen and oxygen atoms in total. The monoisotopic (exact) mass is 336 g/mol. The molecule has 0 spiro atoms. The van der Waals surface area contributed by atoms with Crippen molar-refractivity contribution in [3.05, 3.63) is 82.3 Å². The molecule has 0 unspecified atom stereocenters. The fraction of sp³-hybridized carbons (Fsp3) is 0.200. The van der Waals surface area contributed by atoms with Gasteiger partial charge in [-0.1, -0.05) is 36.9 Å². The molecule has 25 heavy (non-hydrogen) atoms. The van der Waals surface area contributed by atoms with Gasteiger partial charge in [0.05, 0.1) is 18.2 Å². The van der Waals surface area contributed by atoms with Crippen LogP contribution in [0, 0.1) is 6.92 Å². The van der Waals surface area contributed by atoms with Crippen LogP contribution in [0.5, 0.6) is 5.88 Å². The zero-order valence-electron chi connectivity index (χ0n) is 14.4. The molecule has 0 aliphatic carbocycles. The standard InChI is InChI=1S/C20H20N2O3/c1-4-24-15(3)17-10-14(2)12-22-19(23)11-18(21-20(17)22)25-13-16-8-6-5-7-9-16/h5-12H,3-4,13H2,1-2H3. The Morgan fingerprint density at radius 2 is 2.00 bits per heavy atom. The maximum absolute atomic E-state index is 12.5. The van der Waals surface area contributed by atoms with Crippen molar-refractivity contribution in [3.63, 3.8) is 0 Å². The van der Waals surface area contributed by atoms with Gasteiger partial charge in [0.1, 0.15) is 12.4 Å². The van der Waals surface area contributed by atoms with Crippen LogP contribution in [0.1, 0.15) is 23.6 Å². The molecule has 0 saturated heterocycles. The number of benzene rings is 1. The van der Waals surface area contributed by atoms with Crippen LogP contribution in [0.2, 0.25) is 0 Å². The van der Waals surface area contributed by atoms with Crippen molar-refractivity contribution < 1.29 is 9.47 Å². The fourth-order valence-corrected chi connectivity index (χ4v) is 2.58. The number of rotatable bonds is 6. The maximum Gasteiger partial charge on any atom is 0.261 e. The van der Waals surface area contributed by atoms with Crippen LogP contribution in [-0.2, 0) is 11.3 Å². The summed E-state index contributed by atoms with van der Waals surface area (Å²) >= 11 is 0. The molecule has 0 amide bonds. The summed E-state index contributed by atoms with van der Waals surface area (Å²) in [5, 5.41) is 0. The summed E-state index contributed by atoms with van der Waals surface area (Å²) < 4.78 is 12.7. The second-order valence-corrected chi connectivity index (χ2v) is 5.69. The van der Waals surface area contributed by atoms with Crippen molar-refractivity contribution in [1.29, 1.82) is 0 Å². The van der Waals surface area contributed by atoms with Gasteiger partial charge in [-0.05, 0) is 31.0 Å². The molecule has 2 heterocycles. The molecule has 3 aromatic rings. The smallest absolute Gasteiger partial charge is 0.261 e. The van der Waals surface area contributed by atoms with Crippen molar-refractivity contribution in [2.24, 2.45) is 0 Å². The normalized spacial score (nSPS) is 10.6. The Bertz CT molecular complexity index is 962. The molecule has 0 saturated carbocycles. The number of nitrogens with zero attached hydrogens (tertiary/aromatic N) is 2. The molecule has 5 heteroatoms. The quantitative estimate of drug-likeness (QED) is 0.646. The number of fused-ring (bicyclic) bond motifs is 1. The molecule has 0 aliphatic rings. The lowest BCUT2D eigenvalue weighted by Crippen LogP contribution is -2.16. The summed E-state index contributed by atoms with van der Waals surface area (Å²) in [6.45, 7) is 8.58. The molecule has 0 radical (unpaired) electrons. The number of hydrogen-bond acceptors (Lipinski definition) is 4. The maximum atomic E-state index is 12.5. The van der Waals surface area contributed by atoms with Crippen molar-refractivity contribution in [1.82, 2.24) is 9.38 Å². The lowest BCUT2D eigenvalue weighted by atomic mass is 10.2. The molecule has 0 aliphatic heterocycles. The van der Waals surface area contributed by atoms with Gasteiger partial charge in [-0.2, -0.15) is 4.98 Å². The van der Waals surface area contributed by atoms with Crippen molar-refractivity contribution >= 4 is 11.4 Å². The van der Waals surface area contributed by atoms with Gasteiger partial charge in [-0.15, -0.1) is 0 Å². The van der Waals surface area contributed by atoms with Crippen LogP contribution in [0.3, 0.4) is 0 Å². The minimum absolute atomic E-state index is 0.206. The Morgan fingerprint density at radius 1 is 1.24 bits per heavy atom. The fourth-order valence-electron chi connectivity index (χ4n) is 2.58. The number of hydrogen-bond donors (Lipinski definition) is 0. The lowest BCUT2D eigenvalue weighted by Gasteiger charge is -2.13. The Labute approximate surface area is 146 Å². The van der Waals surface area contributed by atoms with Crippen molar-refractivity contribution in [2.45, 2.75) is 20.5 Å². The van der Waals surface area contributed by atoms with E-state index in [0.717, 1.165) is 11.1 Å². The highest BCUT2D eigenvalue weighted by atomic mass is 16.5. The Kier molecular flexibility index (Phi) is 4.84. The summed E-state index contributed by atoms with van der Waals surface area (Å²) in [6.07, 6.45) is 1.74. The van der Waals surface area contributed by atoms with E-state index in [0.29, 0.717) is 30.2 Å². The molecule has 0 bridgehead atoms. The molecule has 128 valence electrons. The van der Waals surface area contributed by atoms with Gasteiger partial charge in [0.2, 0.25) is 5.88 Å². The van der Waals surface area contributed by atoms with Crippen LogP contribution in [0.15, 0.2) is 60.0 Å². The second kappa shape index (κ2) is 7.21. The third-order valence-corrected chi connectivity index (χ3v) is 3.72. The first-order chi connectivity index (χ1) is 12.1. The minimum Gasteiger partial charge on any atom is -0.494 e. The minimum atomic E-state index is -0.206. The highest BCUT2D eigenvalue weighted by Gasteiger charge is 2.12. The number of ether oxygens (including phenoxy) is 2. The first-order valence-corrected chi connectivity index (χ1v) is 8.11. The van der Waals surface area contributed by atoms with E-state index in [-0.39, 0.29) is 11.4 Å². The lowest BCUT2D eigenvalue weighted by molar-refractivity contribution is 0.293. The summed E-state index contributed by atoms with van der Waals surface area (Å²) in [6, 6.07) is 13.0. The zero-order chi connectivity index (χ0) is 17.8. The predicted molar refractivity (Wildman–Crippen MR) is 97.6 cm³/mol. The van der Waals surface area contributed by atoms with E-state index < -0.39 is 0 Å².